The molecule has 0 fully saturated rings. The van der Waals surface area contributed by atoms with Gasteiger partial charge in [-0.3, -0.25) is 0 Å². The van der Waals surface area contributed by atoms with E-state index in [2.05, 4.69) is 0 Å². The minimum absolute atomic E-state index is 0.0915. The topological polar surface area (TPSA) is 101 Å². The van der Waals surface area contributed by atoms with Gasteiger partial charge in [0.25, 0.3) is 0 Å². The molecule has 70 valence electrons. The van der Waals surface area contributed by atoms with Crippen LogP contribution in [0.2, 0.25) is 0 Å². The first kappa shape index (κ1) is 11.6. The van der Waals surface area contributed by atoms with Gasteiger partial charge in [-0.1, -0.05) is 0 Å². The van der Waals surface area contributed by atoms with E-state index in [1.54, 1.807) is 31.1 Å². The number of allylic oxidation sites excluding steroid dienone is 2. The van der Waals surface area contributed by atoms with Crippen LogP contribution in [-0.4, -0.2) is 19.0 Å². The first-order valence-corrected chi connectivity index (χ1v) is 3.65. The molecule has 0 heterocycles. The Balaban J connectivity index is 5.34. The molecule has 0 radical (unpaired) electrons. The van der Waals surface area contributed by atoms with E-state index in [-0.39, 0.29) is 16.8 Å². The quantitative estimate of drug-likeness (QED) is 0.492. The minimum Gasteiger partial charge on any atom is -0.396 e. The van der Waals surface area contributed by atoms with Crippen LogP contribution in [0.1, 0.15) is 0 Å². The summed E-state index contributed by atoms with van der Waals surface area (Å²) < 4.78 is 0. The van der Waals surface area contributed by atoms with Crippen LogP contribution in [0.25, 0.3) is 0 Å². The van der Waals surface area contributed by atoms with Gasteiger partial charge >= 0.3 is 0 Å². The van der Waals surface area contributed by atoms with Crippen molar-refractivity contribution in [3.05, 3.63) is 23.0 Å². The van der Waals surface area contributed by atoms with Crippen molar-refractivity contribution < 1.29 is 0 Å². The molecule has 0 saturated heterocycles. The Kier molecular flexibility index (Phi) is 4.32. The third-order valence-electron chi connectivity index (χ3n) is 1.29. The van der Waals surface area contributed by atoms with Crippen molar-refractivity contribution in [1.82, 2.24) is 4.90 Å². The molecule has 5 heteroatoms. The summed E-state index contributed by atoms with van der Waals surface area (Å²) in [4.78, 5) is 1.61. The molecule has 2 N–H and O–H groups in total. The minimum atomic E-state index is -0.250. The monoisotopic (exact) mass is 187 g/mol. The molecule has 0 aliphatic carbocycles. The smallest absolute Gasteiger partial charge is 0.153 e. The Labute approximate surface area is 82.6 Å². The normalized spacial score (nSPS) is 9.21. The summed E-state index contributed by atoms with van der Waals surface area (Å²) in [5.74, 6) is 0. The van der Waals surface area contributed by atoms with Crippen molar-refractivity contribution >= 4 is 0 Å². The highest BCUT2D eigenvalue weighted by atomic mass is 15.0. The molecule has 0 aliphatic heterocycles. The summed E-state index contributed by atoms with van der Waals surface area (Å²) in [5.41, 5.74) is 5.22. The predicted molar refractivity (Wildman–Crippen MR) is 49.8 cm³/mol. The van der Waals surface area contributed by atoms with Crippen molar-refractivity contribution in [1.29, 1.82) is 15.8 Å². The fraction of sp³-hybridized carbons (Fsp3) is 0.222. The van der Waals surface area contributed by atoms with E-state index in [0.29, 0.717) is 0 Å². The maximum absolute atomic E-state index is 8.71. The summed E-state index contributed by atoms with van der Waals surface area (Å²) in [6.07, 6.45) is 1.45. The van der Waals surface area contributed by atoms with Crippen LogP contribution < -0.4 is 5.73 Å². The molecule has 0 spiro atoms. The van der Waals surface area contributed by atoms with Crippen molar-refractivity contribution in [2.75, 3.05) is 14.1 Å². The molecule has 0 amide bonds. The molecule has 0 aliphatic rings. The van der Waals surface area contributed by atoms with Gasteiger partial charge in [-0.25, -0.2) is 0 Å². The Hall–Kier alpha value is -2.45. The molecule has 0 bridgehead atoms. The van der Waals surface area contributed by atoms with Gasteiger partial charge in [0.2, 0.25) is 0 Å². The number of hydrogen-bond acceptors (Lipinski definition) is 5. The van der Waals surface area contributed by atoms with Crippen molar-refractivity contribution in [2.24, 2.45) is 5.73 Å². The van der Waals surface area contributed by atoms with Crippen molar-refractivity contribution in [2.45, 2.75) is 0 Å². The molecule has 5 nitrogen and oxygen atoms in total. The Bertz CT molecular complexity index is 378. The zero-order valence-electron chi connectivity index (χ0n) is 7.94. The second kappa shape index (κ2) is 5.24. The van der Waals surface area contributed by atoms with Crippen LogP contribution in [0.3, 0.4) is 0 Å². The lowest BCUT2D eigenvalue weighted by Gasteiger charge is -2.06. The number of nitrogens with two attached hydrogens (primary N) is 1. The lowest BCUT2D eigenvalue weighted by atomic mass is 10.1. The fourth-order valence-corrected chi connectivity index (χ4v) is 0.697. The first-order valence-electron chi connectivity index (χ1n) is 3.65. The highest BCUT2D eigenvalue weighted by Crippen LogP contribution is 2.08. The molecule has 0 atom stereocenters. The molecule has 14 heavy (non-hydrogen) atoms. The molecular weight excluding hydrogens is 178 g/mol. The summed E-state index contributed by atoms with van der Waals surface area (Å²) in [6, 6.07) is 5.06. The van der Waals surface area contributed by atoms with Crippen LogP contribution in [-0.2, 0) is 0 Å². The number of rotatable bonds is 2. The average molecular weight is 187 g/mol. The Morgan fingerprint density at radius 2 is 1.64 bits per heavy atom. The van der Waals surface area contributed by atoms with E-state index in [1.165, 1.54) is 6.20 Å². The molecule has 0 aromatic heterocycles. The summed E-state index contributed by atoms with van der Waals surface area (Å²) in [6.45, 7) is 0. The largest absolute Gasteiger partial charge is 0.396 e. The second-order valence-electron chi connectivity index (χ2n) is 2.63. The number of nitriles is 3. The maximum atomic E-state index is 8.71. The first-order chi connectivity index (χ1) is 6.56. The van der Waals surface area contributed by atoms with Crippen LogP contribution >= 0.6 is 0 Å². The molecule has 0 saturated carbocycles. The van der Waals surface area contributed by atoms with E-state index in [9.17, 15) is 0 Å². The predicted octanol–water partition coefficient (Wildman–Crippen LogP) is 0.215. The zero-order valence-corrected chi connectivity index (χ0v) is 7.94. The van der Waals surface area contributed by atoms with E-state index < -0.39 is 0 Å². The lowest BCUT2D eigenvalue weighted by molar-refractivity contribution is 0.560. The van der Waals surface area contributed by atoms with E-state index in [1.807, 2.05) is 6.07 Å². The second-order valence-corrected chi connectivity index (χ2v) is 2.63. The molecule has 0 unspecified atom stereocenters. The van der Waals surface area contributed by atoms with E-state index >= 15 is 0 Å². The van der Waals surface area contributed by atoms with Gasteiger partial charge < -0.3 is 10.6 Å². The standard InChI is InChI=1S/C9H9N5/c1-14(2)6-8(5-12)9(13)7(3-10)4-11/h6H,13H2,1-2H3. The third-order valence-corrected chi connectivity index (χ3v) is 1.29. The lowest BCUT2D eigenvalue weighted by Crippen LogP contribution is -2.09. The maximum Gasteiger partial charge on any atom is 0.153 e. The van der Waals surface area contributed by atoms with Gasteiger partial charge in [-0.05, 0) is 0 Å². The Morgan fingerprint density at radius 3 is 1.93 bits per heavy atom. The summed E-state index contributed by atoms with van der Waals surface area (Å²) >= 11 is 0. The van der Waals surface area contributed by atoms with Crippen LogP contribution in [0.15, 0.2) is 23.0 Å². The average Bonchev–Trinajstić information content (AvgIpc) is 2.15. The number of hydrogen-bond donors (Lipinski definition) is 1. The summed E-state index contributed by atoms with van der Waals surface area (Å²) in [5, 5.41) is 25.7. The Morgan fingerprint density at radius 1 is 1.14 bits per heavy atom. The highest BCUT2D eigenvalue weighted by Gasteiger charge is 2.07. The molecule has 0 aromatic carbocycles. The van der Waals surface area contributed by atoms with Crippen LogP contribution in [0.5, 0.6) is 0 Å². The van der Waals surface area contributed by atoms with Gasteiger partial charge in [0.15, 0.2) is 5.57 Å². The third kappa shape index (κ3) is 2.89. The number of nitrogens with zero attached hydrogens (tertiary/aromatic N) is 4. The van der Waals surface area contributed by atoms with E-state index in [4.69, 9.17) is 21.5 Å². The van der Waals surface area contributed by atoms with E-state index in [0.717, 1.165) is 0 Å². The molecule has 0 aromatic rings. The fourth-order valence-electron chi connectivity index (χ4n) is 0.697. The van der Waals surface area contributed by atoms with Crippen molar-refractivity contribution in [3.63, 3.8) is 0 Å². The SMILES string of the molecule is CN(C)C=C(C#N)C(N)=C(C#N)C#N. The summed E-state index contributed by atoms with van der Waals surface area (Å²) in [7, 11) is 3.42. The van der Waals surface area contributed by atoms with Gasteiger partial charge in [0.05, 0.1) is 11.3 Å². The van der Waals surface area contributed by atoms with Gasteiger partial charge in [0.1, 0.15) is 18.2 Å². The van der Waals surface area contributed by atoms with Crippen molar-refractivity contribution in [3.8, 4) is 18.2 Å². The van der Waals surface area contributed by atoms with Gasteiger partial charge in [-0.15, -0.1) is 0 Å². The van der Waals surface area contributed by atoms with Crippen LogP contribution in [0.4, 0.5) is 0 Å². The van der Waals surface area contributed by atoms with Gasteiger partial charge in [0, 0.05) is 20.3 Å². The molecule has 0 rings (SSSR count). The zero-order chi connectivity index (χ0) is 11.1. The van der Waals surface area contributed by atoms with Crippen LogP contribution in [0, 0.1) is 34.0 Å². The molecular formula is C9H9N5. The highest BCUT2D eigenvalue weighted by molar-refractivity contribution is 5.51. The van der Waals surface area contributed by atoms with Gasteiger partial charge in [-0.2, -0.15) is 15.8 Å².